The molecule has 1 heterocycles. The van der Waals surface area contributed by atoms with E-state index < -0.39 is 0 Å². The number of fused-ring (bicyclic) bond motifs is 2. The number of esters is 1. The van der Waals surface area contributed by atoms with Crippen LogP contribution in [-0.4, -0.2) is 12.6 Å². The van der Waals surface area contributed by atoms with Crippen LogP contribution in [0.3, 0.4) is 0 Å². The maximum Gasteiger partial charge on any atom is 0.313 e. The molecule has 0 N–H and O–H groups in total. The Morgan fingerprint density at radius 2 is 1.89 bits per heavy atom. The van der Waals surface area contributed by atoms with E-state index in [1.165, 1.54) is 12.8 Å². The van der Waals surface area contributed by atoms with E-state index in [9.17, 15) is 4.79 Å². The summed E-state index contributed by atoms with van der Waals surface area (Å²) in [6.45, 7) is 7.42. The van der Waals surface area contributed by atoms with Crippen LogP contribution in [0, 0.1) is 29.6 Å². The van der Waals surface area contributed by atoms with E-state index >= 15 is 0 Å². The molecule has 2 rings (SSSR count). The van der Waals surface area contributed by atoms with Crippen molar-refractivity contribution in [2.75, 3.05) is 6.61 Å². The molecule has 0 aromatic carbocycles. The van der Waals surface area contributed by atoms with Gasteiger partial charge in [0.15, 0.2) is 0 Å². The Kier molecular flexibility index (Phi) is 4.47. The first-order valence-corrected chi connectivity index (χ1v) is 7.43. The molecule has 2 bridgehead atoms. The van der Waals surface area contributed by atoms with Gasteiger partial charge in [0.1, 0.15) is 0 Å². The lowest BCUT2D eigenvalue weighted by Gasteiger charge is -2.25. The topological polar surface area (TPSA) is 26.3 Å². The number of hydrogen-bond acceptors (Lipinski definition) is 2. The second kappa shape index (κ2) is 5.90. The van der Waals surface area contributed by atoms with Crippen molar-refractivity contribution >= 4 is 5.97 Å². The second-order valence-electron chi connectivity index (χ2n) is 6.44. The van der Waals surface area contributed by atoms with E-state index in [1.54, 1.807) is 0 Å². The van der Waals surface area contributed by atoms with Gasteiger partial charge in [-0.1, -0.05) is 32.9 Å². The van der Waals surface area contributed by atoms with Crippen molar-refractivity contribution in [1.29, 1.82) is 0 Å². The van der Waals surface area contributed by atoms with E-state index in [0.29, 0.717) is 18.4 Å². The van der Waals surface area contributed by atoms with Gasteiger partial charge in [-0.15, -0.1) is 0 Å². The Hall–Kier alpha value is -0.790. The Bertz CT molecular complexity index is 319. The molecule has 0 fully saturated rings. The van der Waals surface area contributed by atoms with E-state index in [0.717, 1.165) is 24.7 Å². The summed E-state index contributed by atoms with van der Waals surface area (Å²) in [5.74, 6) is 2.37. The van der Waals surface area contributed by atoms with E-state index in [-0.39, 0.29) is 11.9 Å². The molecular formula is C16H26O2. The SMILES string of the molecule is CC(C)[C@H]1CC[C@@H]2C=CC(C(=O)OC2)[C@H](C)CC1. The lowest BCUT2D eigenvalue weighted by Crippen LogP contribution is -2.22. The Morgan fingerprint density at radius 1 is 1.17 bits per heavy atom. The van der Waals surface area contributed by atoms with Gasteiger partial charge < -0.3 is 4.74 Å². The summed E-state index contributed by atoms with van der Waals surface area (Å²) >= 11 is 0. The Morgan fingerprint density at radius 3 is 2.61 bits per heavy atom. The standard InChI is InChI=1S/C16H26O2/c1-11(2)14-7-4-12(3)15-9-6-13(5-8-14)10-18-16(15)17/h6,9,11-15H,4-5,7-8,10H2,1-3H3/t12-,13-,14-,15?/m1/s1. The third-order valence-corrected chi connectivity index (χ3v) is 4.76. The number of ether oxygens (including phenoxy) is 1. The molecule has 4 atom stereocenters. The first-order chi connectivity index (χ1) is 8.58. The molecular weight excluding hydrogens is 224 g/mol. The van der Waals surface area contributed by atoms with Crippen LogP contribution in [0.25, 0.3) is 0 Å². The minimum atomic E-state index is -0.0130. The van der Waals surface area contributed by atoms with Crippen molar-refractivity contribution in [3.8, 4) is 0 Å². The molecule has 2 heteroatoms. The predicted octanol–water partition coefficient (Wildman–Crippen LogP) is 3.81. The highest BCUT2D eigenvalue weighted by Crippen LogP contribution is 2.33. The highest BCUT2D eigenvalue weighted by molar-refractivity contribution is 5.75. The highest BCUT2D eigenvalue weighted by Gasteiger charge is 2.30. The molecule has 102 valence electrons. The van der Waals surface area contributed by atoms with Gasteiger partial charge in [-0.3, -0.25) is 4.79 Å². The van der Waals surface area contributed by atoms with E-state index in [4.69, 9.17) is 4.74 Å². The minimum Gasteiger partial charge on any atom is -0.465 e. The van der Waals surface area contributed by atoms with Crippen LogP contribution >= 0.6 is 0 Å². The maximum absolute atomic E-state index is 12.0. The number of carbonyl (C=O) groups excluding carboxylic acids is 1. The van der Waals surface area contributed by atoms with Gasteiger partial charge >= 0.3 is 5.97 Å². The molecule has 0 radical (unpaired) electrons. The smallest absolute Gasteiger partial charge is 0.313 e. The van der Waals surface area contributed by atoms with Crippen molar-refractivity contribution in [1.82, 2.24) is 0 Å². The zero-order chi connectivity index (χ0) is 13.1. The summed E-state index contributed by atoms with van der Waals surface area (Å²) in [4.78, 5) is 12.0. The molecule has 0 spiro atoms. The third kappa shape index (κ3) is 3.15. The fourth-order valence-corrected chi connectivity index (χ4v) is 3.19. The van der Waals surface area contributed by atoms with Gasteiger partial charge in [0.05, 0.1) is 12.5 Å². The van der Waals surface area contributed by atoms with Crippen molar-refractivity contribution in [3.63, 3.8) is 0 Å². The maximum atomic E-state index is 12.0. The second-order valence-corrected chi connectivity index (χ2v) is 6.44. The van der Waals surface area contributed by atoms with Crippen LogP contribution in [0.15, 0.2) is 12.2 Å². The third-order valence-electron chi connectivity index (χ3n) is 4.76. The van der Waals surface area contributed by atoms with E-state index in [1.807, 2.05) is 0 Å². The van der Waals surface area contributed by atoms with Gasteiger partial charge in [-0.2, -0.15) is 0 Å². The molecule has 1 unspecified atom stereocenters. The van der Waals surface area contributed by atoms with Crippen molar-refractivity contribution in [2.45, 2.75) is 46.5 Å². The molecule has 18 heavy (non-hydrogen) atoms. The van der Waals surface area contributed by atoms with Crippen LogP contribution in [-0.2, 0) is 9.53 Å². The van der Waals surface area contributed by atoms with Crippen LogP contribution < -0.4 is 0 Å². The molecule has 0 amide bonds. The first-order valence-electron chi connectivity index (χ1n) is 7.43. The van der Waals surface area contributed by atoms with Crippen LogP contribution in [0.5, 0.6) is 0 Å². The number of rotatable bonds is 1. The minimum absolute atomic E-state index is 0.00996. The highest BCUT2D eigenvalue weighted by atomic mass is 16.5. The quantitative estimate of drug-likeness (QED) is 0.522. The first kappa shape index (κ1) is 13.6. The number of cyclic esters (lactones) is 1. The Labute approximate surface area is 111 Å². The summed E-state index contributed by atoms with van der Waals surface area (Å²) in [6.07, 6.45) is 9.16. The fourth-order valence-electron chi connectivity index (χ4n) is 3.19. The summed E-state index contributed by atoms with van der Waals surface area (Å²) in [7, 11) is 0. The molecule has 0 aromatic heterocycles. The average Bonchev–Trinajstić information content (AvgIpc) is 2.52. The zero-order valence-corrected chi connectivity index (χ0v) is 11.9. The van der Waals surface area contributed by atoms with Crippen molar-refractivity contribution < 1.29 is 9.53 Å². The largest absolute Gasteiger partial charge is 0.465 e. The summed E-state index contributed by atoms with van der Waals surface area (Å²) < 4.78 is 5.43. The Balaban J connectivity index is 2.15. The summed E-state index contributed by atoms with van der Waals surface area (Å²) in [5, 5.41) is 0. The number of carbonyl (C=O) groups is 1. The summed E-state index contributed by atoms with van der Waals surface area (Å²) in [6, 6.07) is 0. The van der Waals surface area contributed by atoms with Gasteiger partial charge in [0.2, 0.25) is 0 Å². The summed E-state index contributed by atoms with van der Waals surface area (Å²) in [5.41, 5.74) is 0. The predicted molar refractivity (Wildman–Crippen MR) is 73.0 cm³/mol. The van der Waals surface area contributed by atoms with Crippen LogP contribution in [0.2, 0.25) is 0 Å². The van der Waals surface area contributed by atoms with E-state index in [2.05, 4.69) is 32.9 Å². The molecule has 0 saturated heterocycles. The monoisotopic (exact) mass is 250 g/mol. The number of hydrogen-bond donors (Lipinski definition) is 0. The lowest BCUT2D eigenvalue weighted by molar-refractivity contribution is -0.148. The molecule has 2 aliphatic rings. The van der Waals surface area contributed by atoms with Gasteiger partial charge in [0.25, 0.3) is 0 Å². The van der Waals surface area contributed by atoms with Crippen LogP contribution in [0.4, 0.5) is 0 Å². The van der Waals surface area contributed by atoms with Gasteiger partial charge in [0, 0.05) is 5.92 Å². The van der Waals surface area contributed by atoms with Gasteiger partial charge in [-0.25, -0.2) is 0 Å². The average molecular weight is 250 g/mol. The molecule has 0 aromatic rings. The van der Waals surface area contributed by atoms with Crippen molar-refractivity contribution in [3.05, 3.63) is 12.2 Å². The van der Waals surface area contributed by atoms with Crippen LogP contribution in [0.1, 0.15) is 46.5 Å². The van der Waals surface area contributed by atoms with Gasteiger partial charge in [-0.05, 0) is 43.4 Å². The fraction of sp³-hybridized carbons (Fsp3) is 0.812. The normalized spacial score (nSPS) is 37.4. The van der Waals surface area contributed by atoms with Crippen molar-refractivity contribution in [2.24, 2.45) is 29.6 Å². The molecule has 2 nitrogen and oxygen atoms in total. The zero-order valence-electron chi connectivity index (χ0n) is 11.9. The molecule has 1 aliphatic carbocycles. The molecule has 1 aliphatic heterocycles. The lowest BCUT2D eigenvalue weighted by atomic mass is 9.79. The molecule has 0 saturated carbocycles.